The third-order valence-corrected chi connectivity index (χ3v) is 6.46. The highest BCUT2D eigenvalue weighted by atomic mass is 16.4. The summed E-state index contributed by atoms with van der Waals surface area (Å²) in [6.07, 6.45) is -1.08. The number of aliphatic imine (C=N–C) groups is 1. The fourth-order valence-electron chi connectivity index (χ4n) is 4.29. The van der Waals surface area contributed by atoms with Crippen molar-refractivity contribution in [2.75, 3.05) is 13.1 Å². The number of hydrogen-bond donors (Lipinski definition) is 9. The topological polar surface area (TPSA) is 284 Å². The molecule has 0 radical (unpaired) electrons. The van der Waals surface area contributed by atoms with Crippen molar-refractivity contribution >= 4 is 47.4 Å². The number of hydrogen-bond acceptors (Lipinski definition) is 8. The average Bonchev–Trinajstić information content (AvgIpc) is 2.95. The molecular weight excluding hydrogens is 580 g/mol. The van der Waals surface area contributed by atoms with Gasteiger partial charge in [-0.1, -0.05) is 30.3 Å². The monoisotopic (exact) mass is 618 g/mol. The molecule has 0 saturated carbocycles. The molecule has 1 aliphatic heterocycles. The van der Waals surface area contributed by atoms with Crippen LogP contribution in [0.2, 0.25) is 0 Å². The Morgan fingerprint density at radius 3 is 1.93 bits per heavy atom. The second kappa shape index (κ2) is 17.7. The summed E-state index contributed by atoms with van der Waals surface area (Å²) >= 11 is 0. The Morgan fingerprint density at radius 1 is 0.750 bits per heavy atom. The van der Waals surface area contributed by atoms with Crippen LogP contribution in [-0.2, 0) is 40.0 Å². The van der Waals surface area contributed by atoms with Crippen LogP contribution in [0, 0.1) is 0 Å². The molecule has 0 bridgehead atoms. The van der Waals surface area contributed by atoms with Gasteiger partial charge in [0, 0.05) is 19.4 Å². The highest BCUT2D eigenvalue weighted by Gasteiger charge is 2.33. The molecule has 1 aromatic rings. The molecule has 4 atom stereocenters. The SMILES string of the molecule is NC(N)=NCCC[C@@H]1NC(=O)[C@H](CCCC(=O)O)NC(=O)[C@@H](Cc2ccccc2)NC(=O)[C@H](CC(=O)O)NC(=O)CNC1=O. The van der Waals surface area contributed by atoms with E-state index in [1.54, 1.807) is 30.3 Å². The molecule has 2 rings (SSSR count). The van der Waals surface area contributed by atoms with Gasteiger partial charge in [0.1, 0.15) is 24.2 Å². The number of carbonyl (C=O) groups is 7. The normalized spacial score (nSPS) is 21.7. The van der Waals surface area contributed by atoms with E-state index < -0.39 is 78.6 Å². The maximum Gasteiger partial charge on any atom is 0.305 e. The van der Waals surface area contributed by atoms with Gasteiger partial charge in [-0.25, -0.2) is 0 Å². The van der Waals surface area contributed by atoms with E-state index in [-0.39, 0.29) is 51.0 Å². The molecule has 1 saturated heterocycles. The standard InChI is InChI=1S/C27H38N8O9/c28-27(29)30-11-5-9-16-23(41)31-14-20(36)32-19(13-22(39)40)26(44)35-18(12-15-6-2-1-3-7-15)25(43)34-17(24(42)33-16)8-4-10-21(37)38/h1-3,6-7,16-19H,4-5,8-14H2,(H,31,41)(H,32,36)(H,33,42)(H,34,43)(H,35,44)(H,37,38)(H,39,40)(H4,28,29,30)/t16-,17-,18+,19-/m0/s1. The third kappa shape index (κ3) is 12.7. The molecule has 0 aromatic heterocycles. The van der Waals surface area contributed by atoms with E-state index in [0.717, 1.165) is 0 Å². The van der Waals surface area contributed by atoms with Crippen LogP contribution < -0.4 is 38.1 Å². The number of carboxylic acids is 2. The number of carbonyl (C=O) groups excluding carboxylic acids is 5. The number of amides is 5. The fourth-order valence-corrected chi connectivity index (χ4v) is 4.29. The quantitative estimate of drug-likeness (QED) is 0.0650. The minimum Gasteiger partial charge on any atom is -0.481 e. The molecule has 17 heteroatoms. The van der Waals surface area contributed by atoms with Crippen LogP contribution in [-0.4, -0.2) is 94.9 Å². The molecule has 0 unspecified atom stereocenters. The number of rotatable bonds is 12. The minimum absolute atomic E-state index is 0.0100. The molecule has 1 aliphatic rings. The van der Waals surface area contributed by atoms with Crippen LogP contribution in [0.1, 0.15) is 44.1 Å². The van der Waals surface area contributed by atoms with Crippen molar-refractivity contribution in [3.05, 3.63) is 35.9 Å². The number of guanidine groups is 1. The molecule has 240 valence electrons. The first-order valence-electron chi connectivity index (χ1n) is 13.9. The van der Waals surface area contributed by atoms with Crippen molar-refractivity contribution < 1.29 is 43.8 Å². The number of aliphatic carboxylic acids is 2. The average molecular weight is 619 g/mol. The summed E-state index contributed by atoms with van der Waals surface area (Å²) in [4.78, 5) is 92.1. The number of nitrogens with zero attached hydrogens (tertiary/aromatic N) is 1. The molecule has 44 heavy (non-hydrogen) atoms. The zero-order valence-corrected chi connectivity index (χ0v) is 23.9. The van der Waals surface area contributed by atoms with Gasteiger partial charge in [0.15, 0.2) is 5.96 Å². The number of carboxylic acid groups (broad SMARTS) is 2. The maximum absolute atomic E-state index is 13.5. The van der Waals surface area contributed by atoms with Crippen LogP contribution >= 0.6 is 0 Å². The van der Waals surface area contributed by atoms with E-state index in [2.05, 4.69) is 31.6 Å². The van der Waals surface area contributed by atoms with Crippen molar-refractivity contribution in [2.24, 2.45) is 16.5 Å². The predicted molar refractivity (Wildman–Crippen MR) is 155 cm³/mol. The van der Waals surface area contributed by atoms with Crippen molar-refractivity contribution in [2.45, 2.75) is 69.1 Å². The first-order chi connectivity index (χ1) is 20.8. The molecule has 17 nitrogen and oxygen atoms in total. The van der Waals surface area contributed by atoms with E-state index in [9.17, 15) is 38.7 Å². The Labute approximate surface area is 252 Å². The van der Waals surface area contributed by atoms with Crippen molar-refractivity contribution in [3.63, 3.8) is 0 Å². The predicted octanol–water partition coefficient (Wildman–Crippen LogP) is -2.92. The number of nitrogens with two attached hydrogens (primary N) is 2. The van der Waals surface area contributed by atoms with E-state index in [1.807, 2.05) is 0 Å². The summed E-state index contributed by atoms with van der Waals surface area (Å²) in [6, 6.07) is 3.06. The number of nitrogens with one attached hydrogen (secondary N) is 5. The molecule has 11 N–H and O–H groups in total. The summed E-state index contributed by atoms with van der Waals surface area (Å²) < 4.78 is 0. The van der Waals surface area contributed by atoms with E-state index in [0.29, 0.717) is 5.56 Å². The highest BCUT2D eigenvalue weighted by molar-refractivity contribution is 5.98. The van der Waals surface area contributed by atoms with Gasteiger partial charge >= 0.3 is 11.9 Å². The van der Waals surface area contributed by atoms with Gasteiger partial charge < -0.3 is 48.3 Å². The van der Waals surface area contributed by atoms with Crippen LogP contribution in [0.25, 0.3) is 0 Å². The van der Waals surface area contributed by atoms with Gasteiger partial charge in [-0.2, -0.15) is 0 Å². The second-order valence-corrected chi connectivity index (χ2v) is 10.0. The zero-order valence-electron chi connectivity index (χ0n) is 23.9. The highest BCUT2D eigenvalue weighted by Crippen LogP contribution is 2.09. The molecule has 1 heterocycles. The van der Waals surface area contributed by atoms with Crippen LogP contribution in [0.15, 0.2) is 35.3 Å². The van der Waals surface area contributed by atoms with Gasteiger partial charge in [-0.05, 0) is 31.2 Å². The number of benzene rings is 1. The van der Waals surface area contributed by atoms with E-state index in [1.165, 1.54) is 0 Å². The maximum atomic E-state index is 13.5. The van der Waals surface area contributed by atoms with E-state index >= 15 is 0 Å². The Hall–Kier alpha value is -5.22. The van der Waals surface area contributed by atoms with Crippen molar-refractivity contribution in [3.8, 4) is 0 Å². The van der Waals surface area contributed by atoms with Gasteiger partial charge in [0.25, 0.3) is 0 Å². The molecular formula is C27H38N8O9. The summed E-state index contributed by atoms with van der Waals surface area (Å²) in [6.45, 7) is -0.539. The first kappa shape index (κ1) is 35.0. The van der Waals surface area contributed by atoms with Crippen molar-refractivity contribution in [1.29, 1.82) is 0 Å². The molecule has 1 aromatic carbocycles. The minimum atomic E-state index is -1.60. The summed E-state index contributed by atoms with van der Waals surface area (Å²) in [5, 5.41) is 30.5. The Morgan fingerprint density at radius 2 is 1.32 bits per heavy atom. The first-order valence-corrected chi connectivity index (χ1v) is 13.9. The molecule has 0 spiro atoms. The lowest BCUT2D eigenvalue weighted by atomic mass is 10.0. The van der Waals surface area contributed by atoms with Gasteiger partial charge in [-0.3, -0.25) is 38.6 Å². The second-order valence-electron chi connectivity index (χ2n) is 10.0. The van der Waals surface area contributed by atoms with Gasteiger partial charge in [-0.15, -0.1) is 0 Å². The molecule has 1 fully saturated rings. The lowest BCUT2D eigenvalue weighted by molar-refractivity contribution is -0.141. The summed E-state index contributed by atoms with van der Waals surface area (Å²) in [5.74, 6) is -7.02. The Balaban J connectivity index is 2.46. The molecule has 0 aliphatic carbocycles. The lowest BCUT2D eigenvalue weighted by Crippen LogP contribution is -2.58. The van der Waals surface area contributed by atoms with Crippen LogP contribution in [0.3, 0.4) is 0 Å². The van der Waals surface area contributed by atoms with Crippen molar-refractivity contribution in [1.82, 2.24) is 26.6 Å². The summed E-state index contributed by atoms with van der Waals surface area (Å²) in [5.41, 5.74) is 11.3. The fraction of sp³-hybridized carbons (Fsp3) is 0.481. The van der Waals surface area contributed by atoms with E-state index in [4.69, 9.17) is 16.6 Å². The summed E-state index contributed by atoms with van der Waals surface area (Å²) in [7, 11) is 0. The van der Waals surface area contributed by atoms with Gasteiger partial charge in [0.2, 0.25) is 29.5 Å². The Kier molecular flexibility index (Phi) is 14.0. The largest absolute Gasteiger partial charge is 0.481 e. The Bertz CT molecular complexity index is 1240. The third-order valence-electron chi connectivity index (χ3n) is 6.46. The van der Waals surface area contributed by atoms with Gasteiger partial charge in [0.05, 0.1) is 13.0 Å². The van der Waals surface area contributed by atoms with Crippen LogP contribution in [0.5, 0.6) is 0 Å². The lowest BCUT2D eigenvalue weighted by Gasteiger charge is -2.26. The zero-order chi connectivity index (χ0) is 32.6. The van der Waals surface area contributed by atoms with Crippen LogP contribution in [0.4, 0.5) is 0 Å². The molecule has 5 amide bonds. The smallest absolute Gasteiger partial charge is 0.305 e.